The summed E-state index contributed by atoms with van der Waals surface area (Å²) in [5.74, 6) is -6.40. The van der Waals surface area contributed by atoms with Crippen LogP contribution < -0.4 is 59.7 Å². The largest absolute Gasteiger partial charge is 0.480 e. The molecule has 2 rings (SSSR count). The Morgan fingerprint density at radius 1 is 0.730 bits per heavy atom. The molecule has 63 heavy (non-hydrogen) atoms. The van der Waals surface area contributed by atoms with E-state index in [1.807, 2.05) is 13.8 Å². The van der Waals surface area contributed by atoms with Crippen LogP contribution in [0.2, 0.25) is 0 Å². The molecule has 1 aliphatic rings. The molecule has 1 heterocycles. The third-order valence-corrected chi connectivity index (χ3v) is 10.2. The number of rotatable bonds is 28. The Hall–Kier alpha value is -5.83. The Balaban J connectivity index is 2.27. The second kappa shape index (κ2) is 28.0. The molecular formula is C42H70N12O9. The van der Waals surface area contributed by atoms with Gasteiger partial charge in [-0.15, -0.1) is 0 Å². The van der Waals surface area contributed by atoms with Crippen molar-refractivity contribution in [1.29, 1.82) is 0 Å². The quantitative estimate of drug-likeness (QED) is 0.0246. The molecule has 21 nitrogen and oxygen atoms in total. The van der Waals surface area contributed by atoms with Gasteiger partial charge in [-0.05, 0) is 88.8 Å². The van der Waals surface area contributed by atoms with E-state index in [0.717, 1.165) is 6.42 Å². The molecule has 0 unspecified atom stereocenters. The van der Waals surface area contributed by atoms with Crippen LogP contribution in [0, 0.1) is 11.8 Å². The zero-order valence-corrected chi connectivity index (χ0v) is 37.2. The molecule has 1 saturated heterocycles. The maximum atomic E-state index is 14.0. The van der Waals surface area contributed by atoms with Crippen LogP contribution in [0.5, 0.6) is 0 Å². The van der Waals surface area contributed by atoms with E-state index in [4.69, 9.17) is 22.3 Å². The zero-order chi connectivity index (χ0) is 47.1. The van der Waals surface area contributed by atoms with Crippen LogP contribution in [0.4, 0.5) is 0 Å². The number of carboxylic acid groups (broad SMARTS) is 1. The number of aliphatic carboxylic acids is 1. The summed E-state index contributed by atoms with van der Waals surface area (Å²) in [5, 5.41) is 30.7. The Labute approximate surface area is 369 Å². The fourth-order valence-corrected chi connectivity index (χ4v) is 6.76. The Kier molecular flexibility index (Phi) is 23.7. The fraction of sp³-hybridized carbons (Fsp3) is 0.643. The summed E-state index contributed by atoms with van der Waals surface area (Å²) >= 11 is 0. The standard InChI is InChI=1S/C42H70N12O9/c1-24(2)21-31(40(62)53-32(36(58)48-23-33(55)56)22-27-13-7-6-8-14-27)52-39(61)30(17-12-20-47-42(44)45)50-35(57)26(5)49-38(60)29(15-9-10-18-43)51-41(63)34(25(3)4)54-37(59)28-16-11-19-46-28/h6-8,13-14,24-26,28-32,34,46H,9-12,15-23,43H2,1-5H3,(H,48,58)(H,49,60)(H,50,57)(H,51,63)(H,52,61)(H,53,62)(H,54,59)(H,55,56)(H4,44,45,47)/t26-,28-,29-,30-,31-,32-,34-/m0/s1. The maximum absolute atomic E-state index is 14.0. The van der Waals surface area contributed by atoms with Crippen molar-refractivity contribution in [3.8, 4) is 0 Å². The smallest absolute Gasteiger partial charge is 0.322 e. The molecule has 0 spiro atoms. The first-order chi connectivity index (χ1) is 29.8. The van der Waals surface area contributed by atoms with Crippen LogP contribution in [0.25, 0.3) is 0 Å². The Morgan fingerprint density at radius 2 is 1.32 bits per heavy atom. The lowest BCUT2D eigenvalue weighted by Crippen LogP contribution is -2.60. The van der Waals surface area contributed by atoms with Crippen LogP contribution in [-0.4, -0.2) is 127 Å². The first-order valence-electron chi connectivity index (χ1n) is 21.7. The molecule has 352 valence electrons. The van der Waals surface area contributed by atoms with Crippen LogP contribution >= 0.6 is 0 Å². The van der Waals surface area contributed by atoms with E-state index in [1.54, 1.807) is 44.2 Å². The molecule has 21 heteroatoms. The van der Waals surface area contributed by atoms with Gasteiger partial charge in [-0.3, -0.25) is 43.3 Å². The van der Waals surface area contributed by atoms with Crippen LogP contribution in [-0.2, 0) is 44.8 Å². The van der Waals surface area contributed by atoms with Gasteiger partial charge >= 0.3 is 5.97 Å². The number of aliphatic imine (C=N–C) groups is 1. The Morgan fingerprint density at radius 3 is 1.89 bits per heavy atom. The van der Waals surface area contributed by atoms with E-state index in [0.29, 0.717) is 37.9 Å². The normalized spacial score (nSPS) is 16.3. The highest BCUT2D eigenvalue weighted by atomic mass is 16.4. The van der Waals surface area contributed by atoms with E-state index < -0.39 is 90.3 Å². The van der Waals surface area contributed by atoms with E-state index in [-0.39, 0.29) is 62.4 Å². The lowest BCUT2D eigenvalue weighted by molar-refractivity contribution is -0.138. The molecule has 7 atom stereocenters. The zero-order valence-electron chi connectivity index (χ0n) is 37.2. The van der Waals surface area contributed by atoms with E-state index >= 15 is 0 Å². The van der Waals surface area contributed by atoms with Crippen molar-refractivity contribution in [2.75, 3.05) is 26.2 Å². The maximum Gasteiger partial charge on any atom is 0.322 e. The van der Waals surface area contributed by atoms with Gasteiger partial charge in [0.05, 0.1) is 6.04 Å². The topological polar surface area (TPSA) is 343 Å². The number of carbonyl (C=O) groups excluding carboxylic acids is 7. The number of nitrogens with zero attached hydrogens (tertiary/aromatic N) is 1. The first-order valence-corrected chi connectivity index (χ1v) is 21.7. The number of hydrogen-bond acceptors (Lipinski definition) is 11. The van der Waals surface area contributed by atoms with Gasteiger partial charge in [0.25, 0.3) is 0 Å². The summed E-state index contributed by atoms with van der Waals surface area (Å²) in [7, 11) is 0. The molecule has 1 aromatic carbocycles. The highest BCUT2D eigenvalue weighted by molar-refractivity contribution is 5.97. The number of carbonyl (C=O) groups is 8. The van der Waals surface area contributed by atoms with Crippen molar-refractivity contribution < 1.29 is 43.5 Å². The summed E-state index contributed by atoms with van der Waals surface area (Å²) in [6, 6.07) is 1.47. The van der Waals surface area contributed by atoms with Crippen molar-refractivity contribution in [3.63, 3.8) is 0 Å². The summed E-state index contributed by atoms with van der Waals surface area (Å²) < 4.78 is 0. The predicted molar refractivity (Wildman–Crippen MR) is 236 cm³/mol. The highest BCUT2D eigenvalue weighted by Gasteiger charge is 2.34. The highest BCUT2D eigenvalue weighted by Crippen LogP contribution is 2.12. The molecule has 15 N–H and O–H groups in total. The number of benzene rings is 1. The van der Waals surface area contributed by atoms with Crippen molar-refractivity contribution in [3.05, 3.63) is 35.9 Å². The molecule has 7 amide bonds. The number of unbranched alkanes of at least 4 members (excludes halogenated alkanes) is 1. The SMILES string of the molecule is CC(C)C[C@H](NC(=O)[C@H](CCCN=C(N)N)NC(=O)[C@H](C)NC(=O)[C@H](CCCCN)NC(=O)[C@@H](NC(=O)[C@@H]1CCCN1)C(C)C)C(=O)N[C@@H](Cc1ccccc1)C(=O)NCC(=O)O. The van der Waals surface area contributed by atoms with Crippen molar-refractivity contribution in [1.82, 2.24) is 42.5 Å². The second-order valence-electron chi connectivity index (χ2n) is 16.5. The monoisotopic (exact) mass is 887 g/mol. The average molecular weight is 887 g/mol. The molecule has 1 fully saturated rings. The average Bonchev–Trinajstić information content (AvgIpc) is 3.77. The summed E-state index contributed by atoms with van der Waals surface area (Å²) in [5.41, 5.74) is 17.3. The number of amides is 7. The minimum atomic E-state index is -1.27. The van der Waals surface area contributed by atoms with E-state index in [2.05, 4.69) is 47.5 Å². The molecule has 0 bridgehead atoms. The number of nitrogens with one attached hydrogen (secondary N) is 8. The molecule has 0 aliphatic carbocycles. The minimum absolute atomic E-state index is 0.00965. The van der Waals surface area contributed by atoms with Crippen molar-refractivity contribution in [2.24, 2.45) is 34.0 Å². The van der Waals surface area contributed by atoms with Crippen LogP contribution in [0.3, 0.4) is 0 Å². The van der Waals surface area contributed by atoms with Crippen LogP contribution in [0.15, 0.2) is 35.3 Å². The lowest BCUT2D eigenvalue weighted by Gasteiger charge is -2.28. The molecule has 1 aliphatic heterocycles. The third kappa shape index (κ3) is 20.3. The second-order valence-corrected chi connectivity index (χ2v) is 16.5. The summed E-state index contributed by atoms with van der Waals surface area (Å²) in [4.78, 5) is 110. The van der Waals surface area contributed by atoms with Gasteiger partial charge in [-0.2, -0.15) is 0 Å². The van der Waals surface area contributed by atoms with E-state index in [9.17, 15) is 38.4 Å². The minimum Gasteiger partial charge on any atom is -0.480 e. The van der Waals surface area contributed by atoms with E-state index in [1.165, 1.54) is 6.92 Å². The number of carboxylic acids is 1. The molecular weight excluding hydrogens is 817 g/mol. The van der Waals surface area contributed by atoms with Crippen molar-refractivity contribution in [2.45, 2.75) is 135 Å². The van der Waals surface area contributed by atoms with Gasteiger partial charge in [0.2, 0.25) is 41.4 Å². The summed E-state index contributed by atoms with van der Waals surface area (Å²) in [6.45, 7) is 9.08. The lowest BCUT2D eigenvalue weighted by atomic mass is 10.00. The van der Waals surface area contributed by atoms with Gasteiger partial charge in [-0.25, -0.2) is 0 Å². The first kappa shape index (κ1) is 53.3. The predicted octanol–water partition coefficient (Wildman–Crippen LogP) is -2.00. The number of hydrogen-bond donors (Lipinski definition) is 12. The number of guanidine groups is 1. The summed E-state index contributed by atoms with van der Waals surface area (Å²) in [6.07, 6.45) is 3.09. The number of nitrogens with two attached hydrogens (primary N) is 3. The molecule has 0 aromatic heterocycles. The van der Waals surface area contributed by atoms with Crippen LogP contribution in [0.1, 0.15) is 91.5 Å². The fourth-order valence-electron chi connectivity index (χ4n) is 6.76. The van der Waals surface area contributed by atoms with Gasteiger partial charge in [0, 0.05) is 13.0 Å². The van der Waals surface area contributed by atoms with Crippen molar-refractivity contribution >= 4 is 53.3 Å². The third-order valence-electron chi connectivity index (χ3n) is 10.2. The molecule has 0 radical (unpaired) electrons. The van der Waals surface area contributed by atoms with Gasteiger partial charge in [-0.1, -0.05) is 58.0 Å². The Bertz CT molecular complexity index is 1700. The molecule has 0 saturated carbocycles. The van der Waals surface area contributed by atoms with Gasteiger partial charge in [0.15, 0.2) is 5.96 Å². The molecule has 1 aromatic rings. The van der Waals surface area contributed by atoms with Gasteiger partial charge < -0.3 is 64.8 Å². The van der Waals surface area contributed by atoms with Gasteiger partial charge in [0.1, 0.15) is 42.8 Å².